The molecule has 9 heteroatoms. The Balaban J connectivity index is 1.89. The standard InChI is InChI=1S/C19H10ClF3N4O/c20-14-6-5-12(19(21,22)23)8-17(14)27-18(28)11(9-24)7-13-10-25-15-3-1-2-4-16(15)26-13/h1-8,10H,(H,27,28)/b11-7+. The number of amides is 1. The highest BCUT2D eigenvalue weighted by Gasteiger charge is 2.31. The van der Waals surface area contributed by atoms with Crippen LogP contribution in [0.25, 0.3) is 17.1 Å². The first-order valence-corrected chi connectivity index (χ1v) is 8.17. The second-order valence-corrected chi connectivity index (χ2v) is 6.01. The van der Waals surface area contributed by atoms with Crippen LogP contribution in [-0.4, -0.2) is 15.9 Å². The predicted octanol–water partition coefficient (Wildman–Crippen LogP) is 4.85. The Labute approximate surface area is 162 Å². The van der Waals surface area contributed by atoms with Gasteiger partial charge in [0.15, 0.2) is 0 Å². The van der Waals surface area contributed by atoms with Gasteiger partial charge in [0.05, 0.1) is 39.2 Å². The lowest BCUT2D eigenvalue weighted by atomic mass is 10.1. The first-order valence-electron chi connectivity index (χ1n) is 7.79. The molecule has 5 nitrogen and oxygen atoms in total. The molecule has 3 aromatic rings. The minimum Gasteiger partial charge on any atom is -0.320 e. The normalized spacial score (nSPS) is 11.9. The Kier molecular flexibility index (Phi) is 5.29. The molecular weight excluding hydrogens is 393 g/mol. The van der Waals surface area contributed by atoms with E-state index in [1.54, 1.807) is 30.3 Å². The minimum atomic E-state index is -4.60. The summed E-state index contributed by atoms with van der Waals surface area (Å²) in [5.41, 5.74) is -0.144. The van der Waals surface area contributed by atoms with E-state index in [9.17, 15) is 23.2 Å². The van der Waals surface area contributed by atoms with Crippen LogP contribution in [0, 0.1) is 11.3 Å². The molecule has 0 fully saturated rings. The van der Waals surface area contributed by atoms with E-state index < -0.39 is 17.6 Å². The third-order valence-corrected chi connectivity index (χ3v) is 4.00. The van der Waals surface area contributed by atoms with Gasteiger partial charge in [-0.3, -0.25) is 9.78 Å². The maximum Gasteiger partial charge on any atom is 0.416 e. The molecule has 3 rings (SSSR count). The Morgan fingerprint density at radius 2 is 1.89 bits per heavy atom. The van der Waals surface area contributed by atoms with Crippen molar-refractivity contribution in [1.29, 1.82) is 5.26 Å². The largest absolute Gasteiger partial charge is 0.416 e. The molecule has 0 radical (unpaired) electrons. The number of anilines is 1. The summed E-state index contributed by atoms with van der Waals surface area (Å²) in [6, 6.07) is 11.2. The summed E-state index contributed by atoms with van der Waals surface area (Å²) in [6.45, 7) is 0. The van der Waals surface area contributed by atoms with Gasteiger partial charge < -0.3 is 5.32 Å². The van der Waals surface area contributed by atoms with Crippen LogP contribution in [0.15, 0.2) is 54.2 Å². The van der Waals surface area contributed by atoms with Crippen molar-refractivity contribution in [3.05, 3.63) is 70.5 Å². The fraction of sp³-hybridized carbons (Fsp3) is 0.0526. The van der Waals surface area contributed by atoms with Gasteiger partial charge in [0.2, 0.25) is 0 Å². The molecule has 1 aromatic heterocycles. The van der Waals surface area contributed by atoms with Gasteiger partial charge in [-0.05, 0) is 36.4 Å². The van der Waals surface area contributed by atoms with Crippen LogP contribution in [0.4, 0.5) is 18.9 Å². The molecule has 0 atom stereocenters. The lowest BCUT2D eigenvalue weighted by molar-refractivity contribution is -0.137. The number of rotatable bonds is 3. The van der Waals surface area contributed by atoms with Crippen LogP contribution in [0.1, 0.15) is 11.3 Å². The first-order chi connectivity index (χ1) is 13.3. The number of fused-ring (bicyclic) bond motifs is 1. The SMILES string of the molecule is N#C/C(=C\c1cnc2ccccc2n1)C(=O)Nc1cc(C(F)(F)F)ccc1Cl. The van der Waals surface area contributed by atoms with Crippen molar-refractivity contribution in [2.45, 2.75) is 6.18 Å². The van der Waals surface area contributed by atoms with E-state index in [1.807, 2.05) is 0 Å². The molecule has 0 saturated heterocycles. The van der Waals surface area contributed by atoms with Gasteiger partial charge >= 0.3 is 6.18 Å². The van der Waals surface area contributed by atoms with Gasteiger partial charge in [-0.1, -0.05) is 23.7 Å². The number of hydrogen-bond donors (Lipinski definition) is 1. The van der Waals surface area contributed by atoms with Crippen molar-refractivity contribution in [2.24, 2.45) is 0 Å². The van der Waals surface area contributed by atoms with Gasteiger partial charge in [-0.15, -0.1) is 0 Å². The molecule has 0 aliphatic rings. The predicted molar refractivity (Wildman–Crippen MR) is 98.2 cm³/mol. The number of hydrogen-bond acceptors (Lipinski definition) is 4. The fourth-order valence-corrected chi connectivity index (χ4v) is 2.49. The second kappa shape index (κ2) is 7.66. The molecule has 1 amide bonds. The smallest absolute Gasteiger partial charge is 0.320 e. The summed E-state index contributed by atoms with van der Waals surface area (Å²) in [4.78, 5) is 20.8. The zero-order chi connectivity index (χ0) is 20.3. The number of nitriles is 1. The molecule has 0 bridgehead atoms. The molecule has 1 N–H and O–H groups in total. The van der Waals surface area contributed by atoms with Crippen molar-refractivity contribution >= 4 is 40.3 Å². The summed E-state index contributed by atoms with van der Waals surface area (Å²) in [7, 11) is 0. The van der Waals surface area contributed by atoms with E-state index in [0.717, 1.165) is 12.1 Å². The van der Waals surface area contributed by atoms with Crippen LogP contribution >= 0.6 is 11.6 Å². The Hall–Kier alpha value is -3.44. The van der Waals surface area contributed by atoms with Crippen LogP contribution in [0.3, 0.4) is 0 Å². The quantitative estimate of drug-likeness (QED) is 0.502. The third-order valence-electron chi connectivity index (χ3n) is 3.67. The van der Waals surface area contributed by atoms with Crippen molar-refractivity contribution in [1.82, 2.24) is 9.97 Å². The topological polar surface area (TPSA) is 78.7 Å². The maximum absolute atomic E-state index is 12.8. The number of carbonyl (C=O) groups is 1. The van der Waals surface area contributed by atoms with Crippen LogP contribution in [0.2, 0.25) is 5.02 Å². The zero-order valence-electron chi connectivity index (χ0n) is 14.0. The third kappa shape index (κ3) is 4.27. The highest BCUT2D eigenvalue weighted by atomic mass is 35.5. The monoisotopic (exact) mass is 402 g/mol. The highest BCUT2D eigenvalue weighted by Crippen LogP contribution is 2.34. The van der Waals surface area contributed by atoms with E-state index in [-0.39, 0.29) is 22.0 Å². The number of para-hydroxylation sites is 2. The molecule has 0 aliphatic heterocycles. The minimum absolute atomic E-state index is 0.0934. The van der Waals surface area contributed by atoms with E-state index >= 15 is 0 Å². The summed E-state index contributed by atoms with van der Waals surface area (Å²) in [5.74, 6) is -0.918. The maximum atomic E-state index is 12.8. The molecular formula is C19H10ClF3N4O. The molecule has 28 heavy (non-hydrogen) atoms. The molecule has 2 aromatic carbocycles. The van der Waals surface area contributed by atoms with Crippen molar-refractivity contribution in [2.75, 3.05) is 5.32 Å². The number of nitrogens with one attached hydrogen (secondary N) is 1. The first kappa shape index (κ1) is 19.3. The van der Waals surface area contributed by atoms with Crippen LogP contribution in [-0.2, 0) is 11.0 Å². The lowest BCUT2D eigenvalue weighted by Gasteiger charge is -2.11. The summed E-state index contributed by atoms with van der Waals surface area (Å²) in [5, 5.41) is 11.4. The average Bonchev–Trinajstić information content (AvgIpc) is 2.66. The molecule has 0 saturated carbocycles. The lowest BCUT2D eigenvalue weighted by Crippen LogP contribution is -2.15. The highest BCUT2D eigenvalue weighted by molar-refractivity contribution is 6.34. The molecule has 0 unspecified atom stereocenters. The van der Waals surface area contributed by atoms with Gasteiger partial charge in [0, 0.05) is 0 Å². The van der Waals surface area contributed by atoms with Crippen molar-refractivity contribution < 1.29 is 18.0 Å². The van der Waals surface area contributed by atoms with Gasteiger partial charge in [-0.25, -0.2) is 4.98 Å². The second-order valence-electron chi connectivity index (χ2n) is 5.60. The summed E-state index contributed by atoms with van der Waals surface area (Å²) >= 11 is 5.86. The molecule has 1 heterocycles. The van der Waals surface area contributed by atoms with Crippen LogP contribution in [0.5, 0.6) is 0 Å². The molecule has 0 spiro atoms. The van der Waals surface area contributed by atoms with Gasteiger partial charge in [0.1, 0.15) is 11.6 Å². The number of alkyl halides is 3. The van der Waals surface area contributed by atoms with E-state index in [0.29, 0.717) is 17.1 Å². The average molecular weight is 403 g/mol. The Morgan fingerprint density at radius 3 is 2.57 bits per heavy atom. The molecule has 140 valence electrons. The number of carbonyl (C=O) groups excluding carboxylic acids is 1. The zero-order valence-corrected chi connectivity index (χ0v) is 14.7. The van der Waals surface area contributed by atoms with Crippen LogP contribution < -0.4 is 5.32 Å². The Morgan fingerprint density at radius 1 is 1.18 bits per heavy atom. The summed E-state index contributed by atoms with van der Waals surface area (Å²) < 4.78 is 38.5. The summed E-state index contributed by atoms with van der Waals surface area (Å²) in [6.07, 6.45) is -2.03. The molecule has 0 aliphatic carbocycles. The van der Waals surface area contributed by atoms with Crippen molar-refractivity contribution in [3.8, 4) is 6.07 Å². The number of nitrogens with zero attached hydrogens (tertiary/aromatic N) is 3. The van der Waals surface area contributed by atoms with E-state index in [2.05, 4.69) is 15.3 Å². The number of benzene rings is 2. The van der Waals surface area contributed by atoms with Crippen molar-refractivity contribution in [3.63, 3.8) is 0 Å². The Bertz CT molecular complexity index is 1140. The number of aromatic nitrogens is 2. The van der Waals surface area contributed by atoms with E-state index in [1.165, 1.54) is 12.3 Å². The fourth-order valence-electron chi connectivity index (χ4n) is 2.32. The van der Waals surface area contributed by atoms with E-state index in [4.69, 9.17) is 11.6 Å². The number of halogens is 4. The van der Waals surface area contributed by atoms with Gasteiger partial charge in [0.25, 0.3) is 5.91 Å². The van der Waals surface area contributed by atoms with Gasteiger partial charge in [-0.2, -0.15) is 18.4 Å².